The minimum atomic E-state index is -4.57. The van der Waals surface area contributed by atoms with E-state index in [0.717, 1.165) is 44.6 Å². The molecule has 198 valence electrons. The highest BCUT2D eigenvalue weighted by Crippen LogP contribution is 2.54. The molecule has 0 bridgehead atoms. The number of thioether (sulfide) groups is 1. The van der Waals surface area contributed by atoms with E-state index >= 15 is 0 Å². The molecule has 0 spiro atoms. The SMILES string of the molecule is CC1(C)c2sc(=O)n(CC(=O)Nc3cccc(C(F)(F)F)c3)c2SC2C(=O)N(c3ccc(Br)cc3)C(=O)C21. The Bertz CT molecular complexity index is 1530. The molecule has 3 heterocycles. The van der Waals surface area contributed by atoms with E-state index in [2.05, 4.69) is 21.2 Å². The van der Waals surface area contributed by atoms with Gasteiger partial charge >= 0.3 is 11.0 Å². The number of hydrogen-bond acceptors (Lipinski definition) is 6. The van der Waals surface area contributed by atoms with E-state index in [1.54, 1.807) is 38.1 Å². The molecular weight excluding hydrogens is 607 g/mol. The van der Waals surface area contributed by atoms with Crippen molar-refractivity contribution < 1.29 is 27.6 Å². The minimum absolute atomic E-state index is 0.0586. The number of carbonyl (C=O) groups is 3. The van der Waals surface area contributed by atoms with E-state index in [1.165, 1.54) is 16.7 Å². The van der Waals surface area contributed by atoms with Crippen LogP contribution in [-0.2, 0) is 32.5 Å². The van der Waals surface area contributed by atoms with E-state index < -0.39 is 51.6 Å². The standard InChI is InChI=1S/C25H19BrF3N3O4S2/c1-24(2)17-18(21(35)32(20(17)34)15-8-6-13(26)7-9-15)37-22-19(24)38-23(36)31(22)11-16(33)30-14-5-3-4-12(10-14)25(27,28)29/h3-10,17-18H,11H2,1-2H3,(H,30,33). The van der Waals surface area contributed by atoms with Crippen LogP contribution in [0.4, 0.5) is 24.5 Å². The van der Waals surface area contributed by atoms with Crippen LogP contribution in [0.1, 0.15) is 24.3 Å². The van der Waals surface area contributed by atoms with Gasteiger partial charge in [0.2, 0.25) is 17.7 Å². The van der Waals surface area contributed by atoms with Gasteiger partial charge < -0.3 is 5.32 Å². The van der Waals surface area contributed by atoms with Gasteiger partial charge in [-0.3, -0.25) is 23.7 Å². The second-order valence-corrected chi connectivity index (χ2v) is 12.4. The number of nitrogens with one attached hydrogen (secondary N) is 1. The number of amides is 3. The Morgan fingerprint density at radius 1 is 1.08 bits per heavy atom. The average molecular weight is 626 g/mol. The molecule has 38 heavy (non-hydrogen) atoms. The number of rotatable bonds is 4. The van der Waals surface area contributed by atoms with Crippen molar-refractivity contribution in [3.63, 3.8) is 0 Å². The molecule has 2 aliphatic heterocycles. The van der Waals surface area contributed by atoms with E-state index in [4.69, 9.17) is 0 Å². The van der Waals surface area contributed by atoms with Crippen LogP contribution in [-0.4, -0.2) is 27.5 Å². The lowest BCUT2D eigenvalue weighted by molar-refractivity contribution is -0.137. The van der Waals surface area contributed by atoms with Crippen molar-refractivity contribution in [1.82, 2.24) is 4.57 Å². The van der Waals surface area contributed by atoms with Gasteiger partial charge in [0.15, 0.2) is 0 Å². The van der Waals surface area contributed by atoms with Crippen molar-refractivity contribution >= 4 is 68.1 Å². The predicted molar refractivity (Wildman–Crippen MR) is 141 cm³/mol. The first-order chi connectivity index (χ1) is 17.8. The first-order valence-electron chi connectivity index (χ1n) is 11.3. The molecule has 3 amide bonds. The Kier molecular flexibility index (Phi) is 6.59. The molecule has 13 heteroatoms. The normalized spacial score (nSPS) is 20.3. The monoisotopic (exact) mass is 625 g/mol. The number of carbonyl (C=O) groups excluding carboxylic acids is 3. The molecule has 2 unspecified atom stereocenters. The van der Waals surface area contributed by atoms with E-state index in [1.807, 2.05) is 0 Å². The van der Waals surface area contributed by atoms with Crippen molar-refractivity contribution in [3.8, 4) is 0 Å². The Morgan fingerprint density at radius 2 is 1.76 bits per heavy atom. The van der Waals surface area contributed by atoms with Gasteiger partial charge in [-0.2, -0.15) is 13.2 Å². The van der Waals surface area contributed by atoms with Crippen LogP contribution in [0, 0.1) is 5.92 Å². The Morgan fingerprint density at radius 3 is 2.42 bits per heavy atom. The number of halogens is 4. The fourth-order valence-electron chi connectivity index (χ4n) is 4.73. The zero-order valence-corrected chi connectivity index (χ0v) is 23.1. The van der Waals surface area contributed by atoms with Gasteiger partial charge in [0.05, 0.1) is 22.2 Å². The van der Waals surface area contributed by atoms with Crippen LogP contribution in [0.25, 0.3) is 0 Å². The van der Waals surface area contributed by atoms with Gasteiger partial charge in [-0.25, -0.2) is 4.90 Å². The smallest absolute Gasteiger partial charge is 0.325 e. The third-order valence-electron chi connectivity index (χ3n) is 6.56. The lowest BCUT2D eigenvalue weighted by Crippen LogP contribution is -2.41. The number of nitrogens with zero attached hydrogens (tertiary/aromatic N) is 2. The zero-order chi connectivity index (χ0) is 27.6. The molecule has 0 radical (unpaired) electrons. The molecule has 1 saturated heterocycles. The van der Waals surface area contributed by atoms with Crippen molar-refractivity contribution in [1.29, 1.82) is 0 Å². The van der Waals surface area contributed by atoms with Crippen LogP contribution < -0.4 is 15.1 Å². The highest BCUT2D eigenvalue weighted by molar-refractivity contribution is 9.10. The van der Waals surface area contributed by atoms with Gasteiger partial charge in [-0.15, -0.1) is 0 Å². The Balaban J connectivity index is 1.44. The average Bonchev–Trinajstić information content (AvgIpc) is 3.28. The van der Waals surface area contributed by atoms with E-state index in [9.17, 15) is 32.3 Å². The highest BCUT2D eigenvalue weighted by atomic mass is 79.9. The van der Waals surface area contributed by atoms with Gasteiger partial charge in [-0.05, 0) is 42.5 Å². The Labute approximate surface area is 231 Å². The number of aromatic nitrogens is 1. The predicted octanol–water partition coefficient (Wildman–Crippen LogP) is 5.27. The number of anilines is 2. The van der Waals surface area contributed by atoms with Gasteiger partial charge in [0.25, 0.3) is 0 Å². The maximum Gasteiger partial charge on any atom is 0.416 e. The number of imide groups is 1. The van der Waals surface area contributed by atoms with Crippen molar-refractivity contribution in [2.75, 3.05) is 10.2 Å². The number of hydrogen-bond donors (Lipinski definition) is 1. The third-order valence-corrected chi connectivity index (χ3v) is 9.92. The van der Waals surface area contributed by atoms with Crippen molar-refractivity contribution in [3.05, 3.63) is 73.1 Å². The summed E-state index contributed by atoms with van der Waals surface area (Å²) >= 11 is 5.31. The molecule has 5 rings (SSSR count). The molecule has 3 aromatic rings. The van der Waals surface area contributed by atoms with Crippen molar-refractivity contribution in [2.45, 2.75) is 42.3 Å². The number of alkyl halides is 3. The maximum absolute atomic E-state index is 13.5. The minimum Gasteiger partial charge on any atom is -0.325 e. The number of benzene rings is 2. The summed E-state index contributed by atoms with van der Waals surface area (Å²) in [7, 11) is 0. The van der Waals surface area contributed by atoms with Crippen LogP contribution >= 0.6 is 39.0 Å². The number of fused-ring (bicyclic) bond motifs is 2. The summed E-state index contributed by atoms with van der Waals surface area (Å²) < 4.78 is 41.1. The van der Waals surface area contributed by atoms with Gasteiger partial charge in [-0.1, -0.05) is 58.9 Å². The Hall–Kier alpha value is -2.90. The molecule has 0 aliphatic carbocycles. The van der Waals surface area contributed by atoms with Gasteiger partial charge in [0, 0.05) is 20.5 Å². The van der Waals surface area contributed by atoms with Gasteiger partial charge in [0.1, 0.15) is 11.8 Å². The lowest BCUT2D eigenvalue weighted by Gasteiger charge is -2.36. The summed E-state index contributed by atoms with van der Waals surface area (Å²) in [6, 6.07) is 11.0. The molecule has 2 atom stereocenters. The van der Waals surface area contributed by atoms with Crippen LogP contribution in [0.3, 0.4) is 0 Å². The van der Waals surface area contributed by atoms with Crippen molar-refractivity contribution in [2.24, 2.45) is 5.92 Å². The topological polar surface area (TPSA) is 88.5 Å². The van der Waals surface area contributed by atoms with Crippen LogP contribution in [0.15, 0.2) is 62.8 Å². The zero-order valence-electron chi connectivity index (χ0n) is 19.8. The summed E-state index contributed by atoms with van der Waals surface area (Å²) in [6.07, 6.45) is -4.57. The summed E-state index contributed by atoms with van der Waals surface area (Å²) in [5, 5.41) is 2.01. The van der Waals surface area contributed by atoms with E-state index in [-0.39, 0.29) is 11.6 Å². The van der Waals surface area contributed by atoms with Crippen LogP contribution in [0.5, 0.6) is 0 Å². The summed E-state index contributed by atoms with van der Waals surface area (Å²) in [5.74, 6) is -2.19. The molecular formula is C25H19BrF3N3O4S2. The van der Waals surface area contributed by atoms with E-state index in [0.29, 0.717) is 15.6 Å². The quantitative estimate of drug-likeness (QED) is 0.399. The summed E-state index contributed by atoms with van der Waals surface area (Å²) in [5.41, 5.74) is -1.41. The molecule has 2 aliphatic rings. The highest BCUT2D eigenvalue weighted by Gasteiger charge is 2.59. The third kappa shape index (κ3) is 4.50. The second-order valence-electron chi connectivity index (χ2n) is 9.44. The molecule has 7 nitrogen and oxygen atoms in total. The van der Waals surface area contributed by atoms with Crippen LogP contribution in [0.2, 0.25) is 0 Å². The molecule has 1 N–H and O–H groups in total. The largest absolute Gasteiger partial charge is 0.416 e. The molecule has 0 saturated carbocycles. The molecule has 2 aromatic carbocycles. The molecule has 1 aromatic heterocycles. The summed E-state index contributed by atoms with van der Waals surface area (Å²) in [6.45, 7) is 3.13. The second kappa shape index (κ2) is 9.38. The maximum atomic E-state index is 13.5. The summed E-state index contributed by atoms with van der Waals surface area (Å²) in [4.78, 5) is 53.9. The first-order valence-corrected chi connectivity index (χ1v) is 13.8. The fourth-order valence-corrected chi connectivity index (χ4v) is 8.03. The molecule has 1 fully saturated rings. The lowest BCUT2D eigenvalue weighted by atomic mass is 9.76. The number of thiazole rings is 1. The first kappa shape index (κ1) is 26.7. The fraction of sp³-hybridized carbons (Fsp3) is 0.280.